The first kappa shape index (κ1) is 23.1. The van der Waals surface area contributed by atoms with E-state index in [0.717, 1.165) is 5.75 Å². The molecule has 2 aliphatic rings. The van der Waals surface area contributed by atoms with Crippen molar-refractivity contribution in [1.29, 1.82) is 5.41 Å². The monoisotopic (exact) mass is 437 g/mol. The number of rotatable bonds is 9. The lowest BCUT2D eigenvalue weighted by atomic mass is 9.79. The maximum Gasteiger partial charge on any atom is 0.496 e. The normalized spacial score (nSPS) is 21.7. The summed E-state index contributed by atoms with van der Waals surface area (Å²) in [5.41, 5.74) is -0.343. The van der Waals surface area contributed by atoms with Crippen molar-refractivity contribution in [2.45, 2.75) is 38.9 Å². The van der Waals surface area contributed by atoms with Crippen molar-refractivity contribution < 1.29 is 23.6 Å². The Morgan fingerprint density at radius 1 is 1.30 bits per heavy atom. The topological polar surface area (TPSA) is 103 Å². The van der Waals surface area contributed by atoms with Crippen LogP contribution in [0.3, 0.4) is 0 Å². The second-order valence-corrected chi connectivity index (χ2v) is 13.1. The standard InChI is InChI=1S/C20H32BN3O5S/c1-19(2)20(3,4)29-21(28-19)14-11-15(16(22)18(25)26-5)17(23-12-14)24-13-27-7-8-30(6)9-10-30/h11-12,22H,7-10,13H2,1-6H3,(H,23,24). The van der Waals surface area contributed by atoms with Crippen LogP contribution in [0.2, 0.25) is 0 Å². The smallest absolute Gasteiger partial charge is 0.464 e. The van der Waals surface area contributed by atoms with E-state index in [2.05, 4.69) is 16.6 Å². The molecule has 0 saturated carbocycles. The molecule has 0 aliphatic carbocycles. The van der Waals surface area contributed by atoms with E-state index < -0.39 is 24.3 Å². The highest BCUT2D eigenvalue weighted by Gasteiger charge is 2.52. The van der Waals surface area contributed by atoms with Crippen LogP contribution in [0.1, 0.15) is 33.3 Å². The molecule has 0 aromatic carbocycles. The molecule has 0 atom stereocenters. The van der Waals surface area contributed by atoms with E-state index in [0.29, 0.717) is 23.5 Å². The number of ether oxygens (including phenoxy) is 2. The van der Waals surface area contributed by atoms with Gasteiger partial charge in [0.15, 0.2) is 5.71 Å². The van der Waals surface area contributed by atoms with Crippen LogP contribution in [0.4, 0.5) is 5.82 Å². The van der Waals surface area contributed by atoms with Crippen LogP contribution < -0.4 is 10.8 Å². The molecule has 2 fully saturated rings. The summed E-state index contributed by atoms with van der Waals surface area (Å²) in [5.74, 6) is 3.43. The molecule has 30 heavy (non-hydrogen) atoms. The van der Waals surface area contributed by atoms with Gasteiger partial charge in [-0.3, -0.25) is 5.41 Å². The van der Waals surface area contributed by atoms with Crippen LogP contribution in [-0.4, -0.2) is 78.9 Å². The van der Waals surface area contributed by atoms with Gasteiger partial charge in [0, 0.05) is 23.0 Å². The molecule has 0 amide bonds. The van der Waals surface area contributed by atoms with Gasteiger partial charge in [0.2, 0.25) is 0 Å². The third-order valence-electron chi connectivity index (χ3n) is 6.06. The van der Waals surface area contributed by atoms with Crippen LogP contribution in [0.15, 0.2) is 12.3 Å². The molecule has 1 aromatic heterocycles. The second-order valence-electron chi connectivity index (χ2n) is 8.94. The number of aromatic nitrogens is 1. The molecule has 0 radical (unpaired) electrons. The zero-order chi connectivity index (χ0) is 22.2. The zero-order valence-electron chi connectivity index (χ0n) is 18.7. The quantitative estimate of drug-likeness (QED) is 0.152. The fourth-order valence-electron chi connectivity index (χ4n) is 2.93. The van der Waals surface area contributed by atoms with Crippen LogP contribution in [0.25, 0.3) is 0 Å². The molecule has 0 unspecified atom stereocenters. The molecule has 0 spiro atoms. The van der Waals surface area contributed by atoms with Gasteiger partial charge in [0.1, 0.15) is 12.5 Å². The predicted molar refractivity (Wildman–Crippen MR) is 121 cm³/mol. The van der Waals surface area contributed by atoms with Crippen molar-refractivity contribution in [2.24, 2.45) is 0 Å². The lowest BCUT2D eigenvalue weighted by molar-refractivity contribution is -0.132. The van der Waals surface area contributed by atoms with Crippen LogP contribution in [-0.2, 0) is 23.6 Å². The maximum atomic E-state index is 12.0. The highest BCUT2D eigenvalue weighted by Crippen LogP contribution is 2.57. The Labute approximate surface area is 180 Å². The third-order valence-corrected chi connectivity index (χ3v) is 9.01. The SMILES string of the molecule is COC(=O)C(=N)c1cc(B2OC(C)(C)C(C)(C)O2)cnc1NCOCCS1(C)CC1. The van der Waals surface area contributed by atoms with Gasteiger partial charge in [-0.05, 0) is 51.5 Å². The van der Waals surface area contributed by atoms with E-state index in [1.54, 1.807) is 12.3 Å². The Hall–Kier alpha value is -1.62. The number of methoxy groups -OCH3 is 1. The number of anilines is 1. The highest BCUT2D eigenvalue weighted by molar-refractivity contribution is 8.38. The molecule has 2 saturated heterocycles. The fourth-order valence-corrected chi connectivity index (χ4v) is 5.00. The Morgan fingerprint density at radius 2 is 1.93 bits per heavy atom. The molecule has 3 heterocycles. The molecule has 0 bridgehead atoms. The molecule has 10 heteroatoms. The number of hydrogen-bond donors (Lipinski definition) is 2. The number of pyridine rings is 1. The minimum Gasteiger partial charge on any atom is -0.464 e. The van der Waals surface area contributed by atoms with Crippen molar-refractivity contribution in [3.63, 3.8) is 0 Å². The lowest BCUT2D eigenvalue weighted by Crippen LogP contribution is -2.41. The molecule has 3 rings (SSSR count). The zero-order valence-corrected chi connectivity index (χ0v) is 19.5. The summed E-state index contributed by atoms with van der Waals surface area (Å²) >= 11 is 0. The number of esters is 1. The Bertz CT molecular complexity index is 813. The summed E-state index contributed by atoms with van der Waals surface area (Å²) in [7, 11) is 0.229. The van der Waals surface area contributed by atoms with Crippen molar-refractivity contribution in [3.8, 4) is 0 Å². The summed E-state index contributed by atoms with van der Waals surface area (Å²) in [5, 5.41) is 11.3. The highest BCUT2D eigenvalue weighted by atomic mass is 32.3. The van der Waals surface area contributed by atoms with Crippen LogP contribution >= 0.6 is 10.0 Å². The van der Waals surface area contributed by atoms with Gasteiger partial charge in [-0.2, -0.15) is 0 Å². The molecule has 2 N–H and O–H groups in total. The molecule has 2 aliphatic heterocycles. The van der Waals surface area contributed by atoms with Crippen LogP contribution in [0, 0.1) is 5.41 Å². The molecule has 1 aromatic rings. The van der Waals surface area contributed by atoms with Gasteiger partial charge in [-0.1, -0.05) is 0 Å². The largest absolute Gasteiger partial charge is 0.496 e. The number of carbonyl (C=O) groups excluding carboxylic acids is 1. The van der Waals surface area contributed by atoms with Gasteiger partial charge in [0.25, 0.3) is 0 Å². The van der Waals surface area contributed by atoms with Crippen molar-refractivity contribution in [3.05, 3.63) is 17.8 Å². The third kappa shape index (κ3) is 4.99. The maximum absolute atomic E-state index is 12.0. The number of nitrogens with one attached hydrogen (secondary N) is 2. The lowest BCUT2D eigenvalue weighted by Gasteiger charge is -2.32. The minimum atomic E-state index is -0.739. The van der Waals surface area contributed by atoms with Gasteiger partial charge in [0.05, 0.1) is 24.9 Å². The molecular weight excluding hydrogens is 405 g/mol. The number of hydrogen-bond acceptors (Lipinski definition) is 8. The first-order chi connectivity index (χ1) is 14.0. The summed E-state index contributed by atoms with van der Waals surface area (Å²) in [6.45, 7) is 8.81. The fraction of sp³-hybridized carbons (Fsp3) is 0.650. The van der Waals surface area contributed by atoms with E-state index in [-0.39, 0.29) is 22.5 Å². The van der Waals surface area contributed by atoms with Gasteiger partial charge < -0.3 is 24.1 Å². The second kappa shape index (κ2) is 8.49. The number of nitrogens with zero attached hydrogens (tertiary/aromatic N) is 1. The summed E-state index contributed by atoms with van der Waals surface area (Å²) in [4.78, 5) is 16.4. The van der Waals surface area contributed by atoms with Gasteiger partial charge in [-0.25, -0.2) is 19.8 Å². The van der Waals surface area contributed by atoms with Gasteiger partial charge in [-0.15, -0.1) is 0 Å². The Morgan fingerprint density at radius 3 is 2.50 bits per heavy atom. The van der Waals surface area contributed by atoms with Crippen molar-refractivity contribution >= 4 is 40.1 Å². The van der Waals surface area contributed by atoms with E-state index >= 15 is 0 Å². The van der Waals surface area contributed by atoms with Gasteiger partial charge >= 0.3 is 13.1 Å². The van der Waals surface area contributed by atoms with Crippen molar-refractivity contribution in [1.82, 2.24) is 4.98 Å². The average Bonchev–Trinajstić information content (AvgIpc) is 3.37. The first-order valence-corrected chi connectivity index (χ1v) is 12.6. The average molecular weight is 437 g/mol. The van der Waals surface area contributed by atoms with Crippen LogP contribution in [0.5, 0.6) is 0 Å². The molecule has 166 valence electrons. The Kier molecular flexibility index (Phi) is 6.53. The predicted octanol–water partition coefficient (Wildman–Crippen LogP) is 1.76. The molecular formula is C20H32BN3O5S. The number of carbonyl (C=O) groups is 1. The first-order valence-electron chi connectivity index (χ1n) is 10.0. The summed E-state index contributed by atoms with van der Waals surface area (Å²) in [6, 6.07) is 1.69. The molecule has 8 nitrogen and oxygen atoms in total. The van der Waals surface area contributed by atoms with Crippen molar-refractivity contribution in [2.75, 3.05) is 49.3 Å². The summed E-state index contributed by atoms with van der Waals surface area (Å²) < 4.78 is 22.6. The van der Waals surface area contributed by atoms with E-state index in [4.69, 9.17) is 24.2 Å². The summed E-state index contributed by atoms with van der Waals surface area (Å²) in [6.07, 6.45) is 3.98. The minimum absolute atomic E-state index is 0.250. The van der Waals surface area contributed by atoms with E-state index in [9.17, 15) is 4.79 Å². The Balaban J connectivity index is 1.74. The van der Waals surface area contributed by atoms with E-state index in [1.807, 2.05) is 27.7 Å². The van der Waals surface area contributed by atoms with E-state index in [1.165, 1.54) is 18.6 Å².